The van der Waals surface area contributed by atoms with Crippen molar-refractivity contribution in [3.05, 3.63) is 98.6 Å². The van der Waals surface area contributed by atoms with E-state index in [2.05, 4.69) is 84.9 Å². The molecule has 0 atom stereocenters. The summed E-state index contributed by atoms with van der Waals surface area (Å²) in [6.07, 6.45) is 16.5. The second-order valence-corrected chi connectivity index (χ2v) is 19.1. The molecule has 318 valence electrons. The van der Waals surface area contributed by atoms with Gasteiger partial charge in [0.2, 0.25) is 0 Å². The van der Waals surface area contributed by atoms with Crippen molar-refractivity contribution in [2.45, 2.75) is 116 Å². The van der Waals surface area contributed by atoms with Gasteiger partial charge in [-0.25, -0.2) is 0 Å². The molecule has 6 aliphatic heterocycles. The Morgan fingerprint density at radius 3 is 0.780 bits per heavy atom. The molecule has 9 rings (SSSR count). The average Bonchev–Trinajstić information content (AvgIpc) is 4.08. The number of phenolic OH excluding ortho intramolecular Hbond substituents is 3. The third-order valence-electron chi connectivity index (χ3n) is 14.8. The molecule has 0 radical (unpaired) electrons. The van der Waals surface area contributed by atoms with E-state index < -0.39 is 5.41 Å². The smallest absolute Gasteiger partial charge is 0.124 e. The Hall–Kier alpha value is -3.44. The molecule has 0 unspecified atom stereocenters. The first-order valence-electron chi connectivity index (χ1n) is 23.3. The molecule has 0 amide bonds. The molecule has 3 aromatic rings. The van der Waals surface area contributed by atoms with Crippen LogP contribution in [0.15, 0.2) is 48.6 Å². The molecule has 6 aliphatic rings. The summed E-state index contributed by atoms with van der Waals surface area (Å²) in [4.78, 5) is 14.9. The lowest BCUT2D eigenvalue weighted by molar-refractivity contribution is 0.311. The van der Waals surface area contributed by atoms with Crippen LogP contribution in [0.5, 0.6) is 17.2 Å². The van der Waals surface area contributed by atoms with Crippen LogP contribution in [0.1, 0.15) is 121 Å². The van der Waals surface area contributed by atoms with Crippen molar-refractivity contribution in [3.8, 4) is 17.2 Å². The molecule has 0 aliphatic carbocycles. The van der Waals surface area contributed by atoms with Crippen LogP contribution in [0.2, 0.25) is 0 Å². The van der Waals surface area contributed by atoms with E-state index in [9.17, 15) is 15.3 Å². The maximum absolute atomic E-state index is 12.2. The summed E-state index contributed by atoms with van der Waals surface area (Å²) in [6, 6.07) is 13.9. The van der Waals surface area contributed by atoms with E-state index in [1.54, 1.807) is 0 Å². The van der Waals surface area contributed by atoms with Crippen LogP contribution in [0.3, 0.4) is 0 Å². The van der Waals surface area contributed by atoms with Crippen molar-refractivity contribution in [3.63, 3.8) is 0 Å². The summed E-state index contributed by atoms with van der Waals surface area (Å²) >= 11 is 0. The van der Waals surface area contributed by atoms with E-state index in [1.807, 2.05) is 0 Å². The monoisotopic (exact) mass is 803 g/mol. The zero-order valence-corrected chi connectivity index (χ0v) is 35.9. The van der Waals surface area contributed by atoms with Crippen molar-refractivity contribution in [1.29, 1.82) is 0 Å². The molecular weight excluding hydrogens is 733 g/mol. The van der Waals surface area contributed by atoms with Gasteiger partial charge >= 0.3 is 0 Å². The van der Waals surface area contributed by atoms with Gasteiger partial charge in [-0.05, 0) is 190 Å². The lowest BCUT2D eigenvalue weighted by Crippen LogP contribution is -2.30. The molecule has 0 bridgehead atoms. The molecule has 3 N–H and O–H groups in total. The summed E-state index contributed by atoms with van der Waals surface area (Å²) in [5, 5.41) is 36.5. The number of aromatic hydroxyl groups is 3. The normalized spacial score (nSPS) is 21.6. The molecule has 3 aromatic carbocycles. The van der Waals surface area contributed by atoms with Crippen LogP contribution in [-0.2, 0) is 44.7 Å². The fourth-order valence-corrected chi connectivity index (χ4v) is 11.2. The second kappa shape index (κ2) is 18.3. The Morgan fingerprint density at radius 1 is 0.356 bits per heavy atom. The van der Waals surface area contributed by atoms with Crippen molar-refractivity contribution in [2.75, 3.05) is 78.5 Å². The number of nitrogens with zero attached hydrogens (tertiary/aromatic N) is 6. The molecule has 0 aromatic heterocycles. The number of hydrogen-bond donors (Lipinski definition) is 3. The van der Waals surface area contributed by atoms with Gasteiger partial charge in [0.1, 0.15) is 17.2 Å². The third kappa shape index (κ3) is 9.12. The highest BCUT2D eigenvalue weighted by Crippen LogP contribution is 2.46. The topological polar surface area (TPSA) is 80.1 Å². The molecule has 9 heteroatoms. The molecule has 59 heavy (non-hydrogen) atoms. The number of phenols is 3. The maximum atomic E-state index is 12.2. The van der Waals surface area contributed by atoms with E-state index in [0.29, 0.717) is 23.8 Å². The van der Waals surface area contributed by atoms with Crippen LogP contribution in [0.4, 0.5) is 0 Å². The summed E-state index contributed by atoms with van der Waals surface area (Å²) < 4.78 is 0. The first-order valence-corrected chi connectivity index (χ1v) is 23.3. The Morgan fingerprint density at radius 2 is 0.559 bits per heavy atom. The summed E-state index contributed by atoms with van der Waals surface area (Å²) in [7, 11) is 0. The van der Waals surface area contributed by atoms with Gasteiger partial charge in [-0.15, -0.1) is 0 Å². The Balaban J connectivity index is 1.25. The van der Waals surface area contributed by atoms with Crippen LogP contribution in [0.25, 0.3) is 0 Å². The minimum Gasteiger partial charge on any atom is -0.507 e. The van der Waals surface area contributed by atoms with Gasteiger partial charge in [-0.3, -0.25) is 29.4 Å². The van der Waals surface area contributed by atoms with Gasteiger partial charge in [0.05, 0.1) is 0 Å². The highest BCUT2D eigenvalue weighted by atomic mass is 16.3. The average molecular weight is 803 g/mol. The first kappa shape index (κ1) is 40.9. The van der Waals surface area contributed by atoms with Crippen LogP contribution < -0.4 is 0 Å². The zero-order valence-electron chi connectivity index (χ0n) is 35.9. The summed E-state index contributed by atoms with van der Waals surface area (Å²) in [5.41, 5.74) is 8.89. The SMILES string of the molecule is CC(c1cc(CN2CC=CC2)c(O)c(CN2CCCC2)c1)(c1cc(CN2CCCC2)c(O)c(CN2CCCC2)c1)c1cc(CN2CCCC2)c(O)c(CN2CCCC2)c1. The van der Waals surface area contributed by atoms with Gasteiger partial charge in [-0.1, -0.05) is 12.2 Å². The fourth-order valence-electron chi connectivity index (χ4n) is 11.2. The highest BCUT2D eigenvalue weighted by Gasteiger charge is 2.37. The van der Waals surface area contributed by atoms with Gasteiger partial charge in [0.15, 0.2) is 0 Å². The molecule has 5 saturated heterocycles. The van der Waals surface area contributed by atoms with E-state index in [1.165, 1.54) is 80.9 Å². The maximum Gasteiger partial charge on any atom is 0.124 e. The summed E-state index contributed by atoms with van der Waals surface area (Å²) in [5.74, 6) is 1.33. The van der Waals surface area contributed by atoms with Gasteiger partial charge < -0.3 is 15.3 Å². The fraction of sp³-hybridized carbons (Fsp3) is 0.600. The van der Waals surface area contributed by atoms with Crippen LogP contribution in [0, 0.1) is 0 Å². The number of likely N-dealkylation sites (tertiary alicyclic amines) is 5. The second-order valence-electron chi connectivity index (χ2n) is 19.1. The van der Waals surface area contributed by atoms with Crippen molar-refractivity contribution in [1.82, 2.24) is 29.4 Å². The van der Waals surface area contributed by atoms with Gasteiger partial charge in [0.25, 0.3) is 0 Å². The molecule has 5 fully saturated rings. The van der Waals surface area contributed by atoms with E-state index >= 15 is 0 Å². The van der Waals surface area contributed by atoms with Crippen LogP contribution >= 0.6 is 0 Å². The largest absolute Gasteiger partial charge is 0.507 e. The van der Waals surface area contributed by atoms with E-state index in [-0.39, 0.29) is 0 Å². The molecule has 9 nitrogen and oxygen atoms in total. The Bertz CT molecular complexity index is 1640. The summed E-state index contributed by atoms with van der Waals surface area (Å²) in [6.45, 7) is 19.1. The lowest BCUT2D eigenvalue weighted by Gasteiger charge is -2.36. The minimum atomic E-state index is -0.661. The Labute approximate surface area is 353 Å². The predicted octanol–water partition coefficient (Wildman–Crippen LogP) is 7.51. The Kier molecular flexibility index (Phi) is 12.7. The van der Waals surface area contributed by atoms with E-state index in [0.717, 1.165) is 145 Å². The third-order valence-corrected chi connectivity index (χ3v) is 14.8. The lowest BCUT2D eigenvalue weighted by atomic mass is 9.68. The zero-order chi connectivity index (χ0) is 40.3. The molecular formula is C50H70N6O3. The van der Waals surface area contributed by atoms with Crippen molar-refractivity contribution >= 4 is 0 Å². The molecule has 6 heterocycles. The van der Waals surface area contributed by atoms with Gasteiger partial charge in [0, 0.05) is 91.2 Å². The van der Waals surface area contributed by atoms with Crippen molar-refractivity contribution < 1.29 is 15.3 Å². The van der Waals surface area contributed by atoms with Crippen LogP contribution in [-0.4, -0.2) is 123 Å². The highest BCUT2D eigenvalue weighted by molar-refractivity contribution is 5.60. The number of benzene rings is 3. The number of hydrogen-bond acceptors (Lipinski definition) is 9. The van der Waals surface area contributed by atoms with Crippen molar-refractivity contribution in [2.24, 2.45) is 0 Å². The standard InChI is InChI=1S/C50H70N6O3/c1-50(44-26-38(32-51-14-2-3-15-51)47(57)39(27-44)33-52-16-4-5-17-52,45-28-40(34-53-18-6-7-19-53)48(58)41(29-45)35-54-20-8-9-21-54)46-30-42(36-55-22-10-11-23-55)49(59)43(31-46)37-56-24-12-13-25-56/h2-3,26-31,57-59H,4-25,32-37H2,1H3. The first-order chi connectivity index (χ1) is 28.8. The van der Waals surface area contributed by atoms with E-state index in [4.69, 9.17) is 0 Å². The molecule has 0 spiro atoms. The molecule has 0 saturated carbocycles. The number of rotatable bonds is 15. The minimum absolute atomic E-state index is 0.431. The van der Waals surface area contributed by atoms with Gasteiger partial charge in [-0.2, -0.15) is 0 Å². The predicted molar refractivity (Wildman–Crippen MR) is 237 cm³/mol. The quantitative estimate of drug-likeness (QED) is 0.107.